The molecule has 5 rings (SSSR count). The molecule has 1 heterocycles. The Kier molecular flexibility index (Phi) is 6.50. The molecule has 0 bridgehead atoms. The summed E-state index contributed by atoms with van der Waals surface area (Å²) in [5, 5.41) is 0. The second-order valence-corrected chi connectivity index (χ2v) is 10.6. The summed E-state index contributed by atoms with van der Waals surface area (Å²) in [6.45, 7) is 3.83. The van der Waals surface area contributed by atoms with E-state index in [9.17, 15) is 0 Å². The first kappa shape index (κ1) is 24.1. The lowest BCUT2D eigenvalue weighted by molar-refractivity contribution is -0.150. The van der Waals surface area contributed by atoms with E-state index in [1.165, 1.54) is 0 Å². The highest BCUT2D eigenvalue weighted by Crippen LogP contribution is 2.55. The van der Waals surface area contributed by atoms with Crippen LogP contribution in [0.5, 0.6) is 0 Å². The van der Waals surface area contributed by atoms with Crippen LogP contribution < -0.4 is 0 Å². The topological polar surface area (TPSA) is 18.5 Å². The molecule has 1 aliphatic rings. The quantitative estimate of drug-likeness (QED) is 0.249. The van der Waals surface area contributed by atoms with Crippen molar-refractivity contribution >= 4 is 23.2 Å². The Morgan fingerprint density at radius 1 is 0.486 bits per heavy atom. The Balaban J connectivity index is 1.76. The molecule has 1 aliphatic heterocycles. The standard InChI is InChI=1S/C31H28Cl2O2/c1-29(2)34-27(30(32,23-15-7-3-8-16-23)24-17-9-4-10-18-24)28(35-29)31(33,25-19-11-5-12-20-25)26-21-13-6-14-22-26/h3-22,27-28H,1-2H3/t27-,28-/m1/s1. The third-order valence-corrected chi connectivity index (χ3v) is 7.96. The number of alkyl halides is 2. The van der Waals surface area contributed by atoms with Gasteiger partial charge in [-0.2, -0.15) is 0 Å². The van der Waals surface area contributed by atoms with Gasteiger partial charge in [0.2, 0.25) is 0 Å². The van der Waals surface area contributed by atoms with E-state index in [4.69, 9.17) is 32.7 Å². The van der Waals surface area contributed by atoms with Crippen LogP contribution in [0, 0.1) is 0 Å². The summed E-state index contributed by atoms with van der Waals surface area (Å²) in [4.78, 5) is -2.10. The van der Waals surface area contributed by atoms with Crippen LogP contribution in [-0.2, 0) is 19.2 Å². The maximum Gasteiger partial charge on any atom is 0.164 e. The van der Waals surface area contributed by atoms with E-state index in [1.807, 2.05) is 135 Å². The van der Waals surface area contributed by atoms with E-state index in [0.717, 1.165) is 22.3 Å². The van der Waals surface area contributed by atoms with Crippen LogP contribution in [0.25, 0.3) is 0 Å². The largest absolute Gasteiger partial charge is 0.342 e. The summed E-state index contributed by atoms with van der Waals surface area (Å²) in [5.74, 6) is -0.900. The van der Waals surface area contributed by atoms with Gasteiger partial charge in [-0.15, -0.1) is 23.2 Å². The summed E-state index contributed by atoms with van der Waals surface area (Å²) < 4.78 is 13.4. The summed E-state index contributed by atoms with van der Waals surface area (Å²) in [6, 6.07) is 40.2. The molecule has 4 aromatic rings. The van der Waals surface area contributed by atoms with Gasteiger partial charge in [-0.3, -0.25) is 0 Å². The van der Waals surface area contributed by atoms with E-state index in [-0.39, 0.29) is 0 Å². The molecule has 0 aliphatic carbocycles. The monoisotopic (exact) mass is 502 g/mol. The SMILES string of the molecule is CC1(C)O[C@@H](C(Cl)(c2ccccc2)c2ccccc2)[C@H](C(Cl)(c2ccccc2)c2ccccc2)O1. The van der Waals surface area contributed by atoms with Gasteiger partial charge in [0.25, 0.3) is 0 Å². The zero-order chi connectivity index (χ0) is 24.5. The molecule has 4 heteroatoms. The Bertz CT molecular complexity index is 1070. The summed E-state index contributed by atoms with van der Waals surface area (Å²) in [6.07, 6.45) is -1.22. The van der Waals surface area contributed by atoms with Crippen molar-refractivity contribution in [1.29, 1.82) is 0 Å². The highest BCUT2D eigenvalue weighted by molar-refractivity contribution is 6.28. The molecular weight excluding hydrogens is 475 g/mol. The predicted molar refractivity (Wildman–Crippen MR) is 143 cm³/mol. The zero-order valence-electron chi connectivity index (χ0n) is 19.8. The van der Waals surface area contributed by atoms with Crippen molar-refractivity contribution in [3.8, 4) is 0 Å². The maximum atomic E-state index is 7.74. The van der Waals surface area contributed by atoms with Crippen LogP contribution in [0.4, 0.5) is 0 Å². The van der Waals surface area contributed by atoms with Crippen LogP contribution in [0.3, 0.4) is 0 Å². The molecule has 0 saturated carbocycles. The second-order valence-electron chi connectivity index (χ2n) is 9.36. The molecule has 35 heavy (non-hydrogen) atoms. The van der Waals surface area contributed by atoms with Crippen LogP contribution in [0.15, 0.2) is 121 Å². The minimum absolute atomic E-state index is 0.609. The summed E-state index contributed by atoms with van der Waals surface area (Å²) >= 11 is 15.5. The molecule has 178 valence electrons. The van der Waals surface area contributed by atoms with Gasteiger partial charge in [-0.1, -0.05) is 121 Å². The van der Waals surface area contributed by atoms with Gasteiger partial charge in [0, 0.05) is 0 Å². The lowest BCUT2D eigenvalue weighted by Gasteiger charge is -2.42. The molecule has 0 spiro atoms. The molecule has 0 N–H and O–H groups in total. The van der Waals surface area contributed by atoms with Crippen molar-refractivity contribution in [3.05, 3.63) is 144 Å². The fraction of sp³-hybridized carbons (Fsp3) is 0.226. The van der Waals surface area contributed by atoms with E-state index in [0.29, 0.717) is 0 Å². The second kappa shape index (κ2) is 9.44. The average molecular weight is 503 g/mol. The Labute approximate surface area is 217 Å². The van der Waals surface area contributed by atoms with Crippen molar-refractivity contribution in [1.82, 2.24) is 0 Å². The van der Waals surface area contributed by atoms with Gasteiger partial charge in [0.1, 0.15) is 22.0 Å². The van der Waals surface area contributed by atoms with Crippen LogP contribution in [0.1, 0.15) is 36.1 Å². The van der Waals surface area contributed by atoms with Crippen LogP contribution >= 0.6 is 23.2 Å². The minimum Gasteiger partial charge on any atom is -0.342 e. The van der Waals surface area contributed by atoms with E-state index in [2.05, 4.69) is 0 Å². The number of hydrogen-bond acceptors (Lipinski definition) is 2. The third kappa shape index (κ3) is 4.30. The molecule has 0 aromatic heterocycles. The molecular formula is C31H28Cl2O2. The first-order valence-electron chi connectivity index (χ1n) is 11.8. The molecule has 0 unspecified atom stereocenters. The predicted octanol–water partition coefficient (Wildman–Crippen LogP) is 7.87. The van der Waals surface area contributed by atoms with Crippen molar-refractivity contribution in [3.63, 3.8) is 0 Å². The highest BCUT2D eigenvalue weighted by Gasteiger charge is 2.61. The minimum atomic E-state index is -1.05. The molecule has 0 amide bonds. The first-order chi connectivity index (χ1) is 16.9. The van der Waals surface area contributed by atoms with Gasteiger partial charge in [-0.25, -0.2) is 0 Å². The fourth-order valence-corrected chi connectivity index (χ4v) is 5.88. The van der Waals surface area contributed by atoms with E-state index in [1.54, 1.807) is 0 Å². The lowest BCUT2D eigenvalue weighted by atomic mass is 9.76. The molecule has 4 aromatic carbocycles. The van der Waals surface area contributed by atoms with Crippen molar-refractivity contribution in [2.45, 2.75) is 41.6 Å². The van der Waals surface area contributed by atoms with Crippen molar-refractivity contribution < 1.29 is 9.47 Å². The van der Waals surface area contributed by atoms with Gasteiger partial charge >= 0.3 is 0 Å². The Morgan fingerprint density at radius 2 is 0.714 bits per heavy atom. The van der Waals surface area contributed by atoms with Crippen LogP contribution in [-0.4, -0.2) is 18.0 Å². The molecule has 1 saturated heterocycles. The fourth-order valence-electron chi connectivity index (χ4n) is 5.06. The number of ether oxygens (including phenoxy) is 2. The van der Waals surface area contributed by atoms with Gasteiger partial charge < -0.3 is 9.47 Å². The number of hydrogen-bond donors (Lipinski definition) is 0. The Hall–Kier alpha value is -2.62. The van der Waals surface area contributed by atoms with Crippen molar-refractivity contribution in [2.75, 3.05) is 0 Å². The zero-order valence-corrected chi connectivity index (χ0v) is 21.3. The van der Waals surface area contributed by atoms with Crippen molar-refractivity contribution in [2.24, 2.45) is 0 Å². The van der Waals surface area contributed by atoms with E-state index < -0.39 is 27.7 Å². The average Bonchev–Trinajstić information content (AvgIpc) is 3.26. The number of rotatable bonds is 6. The normalized spacial score (nSPS) is 20.0. The number of halogens is 2. The molecule has 2 atom stereocenters. The smallest absolute Gasteiger partial charge is 0.164 e. The molecule has 0 radical (unpaired) electrons. The number of benzene rings is 4. The van der Waals surface area contributed by atoms with Gasteiger partial charge in [-0.05, 0) is 36.1 Å². The first-order valence-corrected chi connectivity index (χ1v) is 12.6. The summed E-state index contributed by atoms with van der Waals surface area (Å²) in [5.41, 5.74) is 3.68. The van der Waals surface area contributed by atoms with E-state index >= 15 is 0 Å². The third-order valence-electron chi connectivity index (χ3n) is 6.66. The van der Waals surface area contributed by atoms with Crippen LogP contribution in [0.2, 0.25) is 0 Å². The lowest BCUT2D eigenvalue weighted by Crippen LogP contribution is -2.50. The summed E-state index contributed by atoms with van der Waals surface area (Å²) in [7, 11) is 0. The van der Waals surface area contributed by atoms with Gasteiger partial charge in [0.05, 0.1) is 0 Å². The highest BCUT2D eigenvalue weighted by atomic mass is 35.5. The van der Waals surface area contributed by atoms with Gasteiger partial charge in [0.15, 0.2) is 5.79 Å². The Morgan fingerprint density at radius 3 is 0.943 bits per heavy atom. The molecule has 1 fully saturated rings. The molecule has 2 nitrogen and oxygen atoms in total. The maximum absolute atomic E-state index is 7.74.